The largest absolute Gasteiger partial charge is 0.390 e. The van der Waals surface area contributed by atoms with E-state index in [1.165, 1.54) is 0 Å². The van der Waals surface area contributed by atoms with Crippen LogP contribution in [-0.2, 0) is 0 Å². The fraction of sp³-hybridized carbons (Fsp3) is 0.500. The molecule has 2 N–H and O–H groups in total. The molecule has 0 saturated heterocycles. The predicted molar refractivity (Wildman–Crippen MR) is 66.8 cm³/mol. The third-order valence-electron chi connectivity index (χ3n) is 3.33. The molecule has 1 fully saturated rings. The summed E-state index contributed by atoms with van der Waals surface area (Å²) in [5.41, 5.74) is 0.0464. The van der Waals surface area contributed by atoms with Crippen LogP contribution in [0.5, 0.6) is 0 Å². The Bertz CT molecular complexity index is 386. The molecule has 1 aromatic carbocycles. The number of nitrogens with one attached hydrogen (secondary N) is 1. The van der Waals surface area contributed by atoms with Gasteiger partial charge in [-0.1, -0.05) is 18.2 Å². The molecule has 0 heterocycles. The number of hydrogen-bond donors (Lipinski definition) is 2. The molecule has 1 amide bonds. The van der Waals surface area contributed by atoms with E-state index in [0.29, 0.717) is 12.0 Å². The smallest absolute Gasteiger partial charge is 0.251 e. The first kappa shape index (κ1) is 12.1. The highest BCUT2D eigenvalue weighted by Crippen LogP contribution is 2.27. The van der Waals surface area contributed by atoms with Crippen LogP contribution in [0.3, 0.4) is 0 Å². The molecular formula is C14H19NO2. The van der Waals surface area contributed by atoms with Crippen molar-refractivity contribution in [1.82, 2.24) is 5.32 Å². The third kappa shape index (κ3) is 3.30. The molecule has 1 aliphatic carbocycles. The van der Waals surface area contributed by atoms with E-state index in [-0.39, 0.29) is 11.9 Å². The van der Waals surface area contributed by atoms with Crippen LogP contribution in [0.2, 0.25) is 0 Å². The van der Waals surface area contributed by atoms with Crippen LogP contribution in [0.1, 0.15) is 43.0 Å². The van der Waals surface area contributed by atoms with E-state index in [2.05, 4.69) is 5.32 Å². The van der Waals surface area contributed by atoms with Gasteiger partial charge in [-0.2, -0.15) is 0 Å². The summed E-state index contributed by atoms with van der Waals surface area (Å²) in [4.78, 5) is 11.9. The van der Waals surface area contributed by atoms with Gasteiger partial charge in [-0.05, 0) is 44.7 Å². The number of benzene rings is 1. The maximum atomic E-state index is 11.9. The first-order valence-electron chi connectivity index (χ1n) is 6.15. The Kier molecular flexibility index (Phi) is 3.48. The monoisotopic (exact) mass is 233 g/mol. The van der Waals surface area contributed by atoms with Crippen molar-refractivity contribution in [1.29, 1.82) is 0 Å². The van der Waals surface area contributed by atoms with E-state index >= 15 is 0 Å². The highest BCUT2D eigenvalue weighted by atomic mass is 16.3. The normalized spacial score (nSPS) is 28.7. The number of rotatable bonds is 2. The zero-order valence-corrected chi connectivity index (χ0v) is 10.1. The molecule has 1 aromatic rings. The molecule has 3 heteroatoms. The molecule has 0 aromatic heterocycles. The molecule has 0 bridgehead atoms. The van der Waals surface area contributed by atoms with E-state index in [0.717, 1.165) is 19.3 Å². The van der Waals surface area contributed by atoms with Gasteiger partial charge in [0.2, 0.25) is 0 Å². The maximum Gasteiger partial charge on any atom is 0.251 e. The molecule has 1 saturated carbocycles. The summed E-state index contributed by atoms with van der Waals surface area (Å²) in [5.74, 6) is -0.0479. The van der Waals surface area contributed by atoms with Crippen LogP contribution >= 0.6 is 0 Å². The van der Waals surface area contributed by atoms with Gasteiger partial charge in [0.25, 0.3) is 5.91 Å². The lowest BCUT2D eigenvalue weighted by Crippen LogP contribution is -2.44. The highest BCUT2D eigenvalue weighted by molar-refractivity contribution is 5.94. The summed E-state index contributed by atoms with van der Waals surface area (Å²) in [6.07, 6.45) is 3.39. The molecule has 17 heavy (non-hydrogen) atoms. The second kappa shape index (κ2) is 4.88. The molecule has 0 spiro atoms. The van der Waals surface area contributed by atoms with Gasteiger partial charge in [-0.3, -0.25) is 4.79 Å². The standard InChI is InChI=1S/C14H19NO2/c1-14(17)9-5-8-12(10-14)15-13(16)11-6-3-2-4-7-11/h2-4,6-7,12,17H,5,8-10H2,1H3,(H,15,16). The van der Waals surface area contributed by atoms with Gasteiger partial charge < -0.3 is 10.4 Å². The Hall–Kier alpha value is -1.35. The average Bonchev–Trinajstić information content (AvgIpc) is 2.29. The maximum absolute atomic E-state index is 11.9. The fourth-order valence-electron chi connectivity index (χ4n) is 2.45. The Morgan fingerprint density at radius 2 is 2.12 bits per heavy atom. The molecule has 92 valence electrons. The van der Waals surface area contributed by atoms with Crippen LogP contribution in [-0.4, -0.2) is 22.7 Å². The molecule has 2 atom stereocenters. The van der Waals surface area contributed by atoms with Gasteiger partial charge in [-0.15, -0.1) is 0 Å². The van der Waals surface area contributed by atoms with Gasteiger partial charge in [0, 0.05) is 11.6 Å². The zero-order valence-electron chi connectivity index (χ0n) is 10.1. The van der Waals surface area contributed by atoms with E-state index in [9.17, 15) is 9.90 Å². The summed E-state index contributed by atoms with van der Waals surface area (Å²) < 4.78 is 0. The van der Waals surface area contributed by atoms with Gasteiger partial charge in [0.05, 0.1) is 5.60 Å². The lowest BCUT2D eigenvalue weighted by Gasteiger charge is -2.34. The minimum absolute atomic E-state index is 0.0479. The summed E-state index contributed by atoms with van der Waals surface area (Å²) in [6.45, 7) is 1.84. The Balaban J connectivity index is 1.95. The van der Waals surface area contributed by atoms with E-state index < -0.39 is 5.60 Å². The van der Waals surface area contributed by atoms with Crippen molar-refractivity contribution in [2.24, 2.45) is 0 Å². The molecular weight excluding hydrogens is 214 g/mol. The van der Waals surface area contributed by atoms with Crippen molar-refractivity contribution in [2.45, 2.75) is 44.2 Å². The van der Waals surface area contributed by atoms with Crippen molar-refractivity contribution in [3.63, 3.8) is 0 Å². The Labute approximate surface area is 102 Å². The zero-order chi connectivity index (χ0) is 12.3. The molecule has 2 rings (SSSR count). The van der Waals surface area contributed by atoms with Crippen molar-refractivity contribution in [2.75, 3.05) is 0 Å². The summed E-state index contributed by atoms with van der Waals surface area (Å²) in [7, 11) is 0. The summed E-state index contributed by atoms with van der Waals surface area (Å²) in [6, 6.07) is 9.29. The SMILES string of the molecule is CC1(O)CCCC(NC(=O)c2ccccc2)C1. The lowest BCUT2D eigenvalue weighted by atomic mass is 9.83. The van der Waals surface area contributed by atoms with Crippen LogP contribution < -0.4 is 5.32 Å². The Morgan fingerprint density at radius 1 is 1.41 bits per heavy atom. The van der Waals surface area contributed by atoms with Crippen LogP contribution in [0, 0.1) is 0 Å². The van der Waals surface area contributed by atoms with Gasteiger partial charge in [0.15, 0.2) is 0 Å². The summed E-state index contributed by atoms with van der Waals surface area (Å²) >= 11 is 0. The molecule has 1 aliphatic rings. The molecule has 3 nitrogen and oxygen atoms in total. The lowest BCUT2D eigenvalue weighted by molar-refractivity contribution is 0.0106. The average molecular weight is 233 g/mol. The predicted octanol–water partition coefficient (Wildman–Crippen LogP) is 2.11. The van der Waals surface area contributed by atoms with Gasteiger partial charge in [-0.25, -0.2) is 0 Å². The molecule has 0 radical (unpaired) electrons. The van der Waals surface area contributed by atoms with E-state index in [1.54, 1.807) is 12.1 Å². The minimum atomic E-state index is -0.632. The number of carbonyl (C=O) groups excluding carboxylic acids is 1. The van der Waals surface area contributed by atoms with E-state index in [1.807, 2.05) is 25.1 Å². The topological polar surface area (TPSA) is 49.3 Å². The molecule has 0 aliphatic heterocycles. The Morgan fingerprint density at radius 3 is 2.76 bits per heavy atom. The number of hydrogen-bond acceptors (Lipinski definition) is 2. The van der Waals surface area contributed by atoms with E-state index in [4.69, 9.17) is 0 Å². The quantitative estimate of drug-likeness (QED) is 0.822. The number of carbonyl (C=O) groups is 1. The van der Waals surface area contributed by atoms with Gasteiger partial charge >= 0.3 is 0 Å². The first-order chi connectivity index (χ1) is 8.07. The van der Waals surface area contributed by atoms with Crippen molar-refractivity contribution in [3.05, 3.63) is 35.9 Å². The third-order valence-corrected chi connectivity index (χ3v) is 3.33. The second-order valence-electron chi connectivity index (χ2n) is 5.13. The van der Waals surface area contributed by atoms with Crippen molar-refractivity contribution < 1.29 is 9.90 Å². The second-order valence-corrected chi connectivity index (χ2v) is 5.13. The van der Waals surface area contributed by atoms with Crippen LogP contribution in [0.15, 0.2) is 30.3 Å². The minimum Gasteiger partial charge on any atom is -0.390 e. The number of aliphatic hydroxyl groups is 1. The van der Waals surface area contributed by atoms with Crippen LogP contribution in [0.4, 0.5) is 0 Å². The highest BCUT2D eigenvalue weighted by Gasteiger charge is 2.30. The van der Waals surface area contributed by atoms with Crippen LogP contribution in [0.25, 0.3) is 0 Å². The van der Waals surface area contributed by atoms with Crippen molar-refractivity contribution in [3.8, 4) is 0 Å². The molecule has 2 unspecified atom stereocenters. The first-order valence-corrected chi connectivity index (χ1v) is 6.15. The number of amides is 1. The van der Waals surface area contributed by atoms with Crippen molar-refractivity contribution >= 4 is 5.91 Å². The summed E-state index contributed by atoms with van der Waals surface area (Å²) in [5, 5.41) is 13.0. The van der Waals surface area contributed by atoms with Gasteiger partial charge in [0.1, 0.15) is 0 Å². The fourth-order valence-corrected chi connectivity index (χ4v) is 2.45.